The van der Waals surface area contributed by atoms with Gasteiger partial charge < -0.3 is 20.5 Å². The summed E-state index contributed by atoms with van der Waals surface area (Å²) in [7, 11) is 0. The Labute approximate surface area is 109 Å². The van der Waals surface area contributed by atoms with E-state index < -0.39 is 0 Å². The van der Waals surface area contributed by atoms with Crippen molar-refractivity contribution in [1.82, 2.24) is 19.7 Å². The van der Waals surface area contributed by atoms with E-state index in [0.717, 1.165) is 24.3 Å². The predicted octanol–water partition coefficient (Wildman–Crippen LogP) is -0.763. The molecule has 0 unspecified atom stereocenters. The molecule has 0 aliphatic carbocycles. The molecule has 0 spiro atoms. The van der Waals surface area contributed by atoms with Crippen molar-refractivity contribution in [1.29, 1.82) is 0 Å². The number of fused-ring (bicyclic) bond motifs is 1. The van der Waals surface area contributed by atoms with Crippen molar-refractivity contribution < 1.29 is 9.84 Å². The Morgan fingerprint density at radius 1 is 1.32 bits per heavy atom. The Hall–Kier alpha value is -1.93. The zero-order chi connectivity index (χ0) is 13.2. The molecule has 102 valence electrons. The van der Waals surface area contributed by atoms with Crippen LogP contribution in [-0.2, 0) is 11.3 Å². The third kappa shape index (κ3) is 2.08. The molecule has 8 heteroatoms. The van der Waals surface area contributed by atoms with Crippen LogP contribution < -0.4 is 10.6 Å². The zero-order valence-corrected chi connectivity index (χ0v) is 10.5. The lowest BCUT2D eigenvalue weighted by atomic mass is 10.3. The van der Waals surface area contributed by atoms with Gasteiger partial charge in [0.05, 0.1) is 26.4 Å². The fourth-order valence-electron chi connectivity index (χ4n) is 2.29. The summed E-state index contributed by atoms with van der Waals surface area (Å²) in [5, 5.41) is 14.0. The molecule has 3 rings (SSSR count). The zero-order valence-electron chi connectivity index (χ0n) is 10.5. The number of nitrogens with two attached hydrogens (primary N) is 1. The largest absolute Gasteiger partial charge is 0.394 e. The Bertz CT molecular complexity index is 578. The topological polar surface area (TPSA) is 102 Å². The first-order valence-electron chi connectivity index (χ1n) is 6.22. The van der Waals surface area contributed by atoms with Gasteiger partial charge >= 0.3 is 0 Å². The minimum Gasteiger partial charge on any atom is -0.394 e. The van der Waals surface area contributed by atoms with Gasteiger partial charge in [-0.15, -0.1) is 0 Å². The van der Waals surface area contributed by atoms with Crippen LogP contribution in [0.4, 0.5) is 11.6 Å². The van der Waals surface area contributed by atoms with Gasteiger partial charge in [0.15, 0.2) is 11.5 Å². The summed E-state index contributed by atoms with van der Waals surface area (Å²) in [4.78, 5) is 10.7. The summed E-state index contributed by atoms with van der Waals surface area (Å²) >= 11 is 0. The highest BCUT2D eigenvalue weighted by Gasteiger charge is 2.20. The van der Waals surface area contributed by atoms with Gasteiger partial charge in [-0.05, 0) is 0 Å². The molecule has 0 amide bonds. The van der Waals surface area contributed by atoms with E-state index in [2.05, 4.69) is 20.0 Å². The van der Waals surface area contributed by atoms with Crippen LogP contribution >= 0.6 is 0 Å². The number of anilines is 2. The Morgan fingerprint density at radius 3 is 2.84 bits per heavy atom. The first-order valence-corrected chi connectivity index (χ1v) is 6.22. The maximum Gasteiger partial charge on any atom is 0.165 e. The fraction of sp³-hybridized carbons (Fsp3) is 0.545. The molecular formula is C11H16N6O2. The van der Waals surface area contributed by atoms with E-state index in [0.29, 0.717) is 31.2 Å². The van der Waals surface area contributed by atoms with Gasteiger partial charge in [-0.25, -0.2) is 14.6 Å². The Balaban J connectivity index is 2.09. The van der Waals surface area contributed by atoms with E-state index in [-0.39, 0.29) is 6.61 Å². The monoisotopic (exact) mass is 264 g/mol. The maximum atomic E-state index is 9.03. The predicted molar refractivity (Wildman–Crippen MR) is 69.9 cm³/mol. The lowest BCUT2D eigenvalue weighted by Gasteiger charge is -2.28. The number of aliphatic hydroxyl groups excluding tert-OH is 1. The quantitative estimate of drug-likeness (QED) is 0.751. The number of hydrogen-bond donors (Lipinski definition) is 2. The van der Waals surface area contributed by atoms with Crippen LogP contribution in [-0.4, -0.2) is 57.8 Å². The van der Waals surface area contributed by atoms with Crippen LogP contribution in [0.15, 0.2) is 6.33 Å². The first kappa shape index (κ1) is 12.1. The second-order valence-electron chi connectivity index (χ2n) is 4.33. The molecule has 3 N–H and O–H groups in total. The van der Waals surface area contributed by atoms with Crippen LogP contribution in [0.3, 0.4) is 0 Å². The molecule has 1 aliphatic heterocycles. The maximum absolute atomic E-state index is 9.03. The highest BCUT2D eigenvalue weighted by Crippen LogP contribution is 2.28. The van der Waals surface area contributed by atoms with Crippen molar-refractivity contribution in [2.45, 2.75) is 6.54 Å². The molecular weight excluding hydrogens is 248 g/mol. The van der Waals surface area contributed by atoms with Crippen molar-refractivity contribution in [3.8, 4) is 0 Å². The number of nitrogens with zero attached hydrogens (tertiary/aromatic N) is 5. The minimum absolute atomic E-state index is 0.00683. The smallest absolute Gasteiger partial charge is 0.165 e. The van der Waals surface area contributed by atoms with Crippen molar-refractivity contribution in [3.05, 3.63) is 6.33 Å². The average molecular weight is 264 g/mol. The first-order chi connectivity index (χ1) is 9.31. The summed E-state index contributed by atoms with van der Waals surface area (Å²) in [5.74, 6) is 1.18. The van der Waals surface area contributed by atoms with E-state index in [9.17, 15) is 0 Å². The number of ether oxygens (including phenoxy) is 1. The van der Waals surface area contributed by atoms with Crippen LogP contribution in [0.1, 0.15) is 0 Å². The van der Waals surface area contributed by atoms with E-state index >= 15 is 0 Å². The van der Waals surface area contributed by atoms with Gasteiger partial charge in [0, 0.05) is 13.1 Å². The molecule has 0 radical (unpaired) electrons. The van der Waals surface area contributed by atoms with E-state index in [4.69, 9.17) is 15.6 Å². The van der Waals surface area contributed by atoms with Crippen molar-refractivity contribution in [2.24, 2.45) is 0 Å². The molecule has 1 fully saturated rings. The summed E-state index contributed by atoms with van der Waals surface area (Å²) in [6.07, 6.45) is 1.50. The molecule has 1 aliphatic rings. The molecule has 0 bridgehead atoms. The van der Waals surface area contributed by atoms with Gasteiger partial charge in [0.1, 0.15) is 17.5 Å². The van der Waals surface area contributed by atoms with Crippen molar-refractivity contribution in [3.63, 3.8) is 0 Å². The molecule has 19 heavy (non-hydrogen) atoms. The molecule has 2 aromatic heterocycles. The van der Waals surface area contributed by atoms with Gasteiger partial charge in [0.2, 0.25) is 0 Å². The number of morpholine rings is 1. The van der Waals surface area contributed by atoms with Crippen LogP contribution in [0.25, 0.3) is 11.0 Å². The van der Waals surface area contributed by atoms with Crippen molar-refractivity contribution in [2.75, 3.05) is 43.5 Å². The highest BCUT2D eigenvalue weighted by molar-refractivity contribution is 5.96. The second kappa shape index (κ2) is 4.98. The van der Waals surface area contributed by atoms with Crippen LogP contribution in [0.5, 0.6) is 0 Å². The van der Waals surface area contributed by atoms with Gasteiger partial charge in [-0.2, -0.15) is 5.10 Å². The number of aliphatic hydroxyl groups is 1. The Kier molecular flexibility index (Phi) is 3.18. The second-order valence-corrected chi connectivity index (χ2v) is 4.33. The SMILES string of the molecule is Nc1nn(CCO)c2ncnc(N3CCOCC3)c12. The van der Waals surface area contributed by atoms with Crippen LogP contribution in [0.2, 0.25) is 0 Å². The van der Waals surface area contributed by atoms with Gasteiger partial charge in [0.25, 0.3) is 0 Å². The van der Waals surface area contributed by atoms with Gasteiger partial charge in [-0.3, -0.25) is 0 Å². The molecule has 2 aromatic rings. The summed E-state index contributed by atoms with van der Waals surface area (Å²) in [6, 6.07) is 0. The number of rotatable bonds is 3. The van der Waals surface area contributed by atoms with Gasteiger partial charge in [-0.1, -0.05) is 0 Å². The van der Waals surface area contributed by atoms with Crippen LogP contribution in [0, 0.1) is 0 Å². The highest BCUT2D eigenvalue weighted by atomic mass is 16.5. The number of nitrogen functional groups attached to an aromatic ring is 1. The molecule has 0 saturated carbocycles. The van der Waals surface area contributed by atoms with E-state index in [1.54, 1.807) is 4.68 Å². The molecule has 8 nitrogen and oxygen atoms in total. The number of aromatic nitrogens is 4. The molecule has 3 heterocycles. The summed E-state index contributed by atoms with van der Waals surface area (Å²) in [5.41, 5.74) is 6.62. The lowest BCUT2D eigenvalue weighted by Crippen LogP contribution is -2.36. The summed E-state index contributed by atoms with van der Waals surface area (Å²) < 4.78 is 6.94. The third-order valence-corrected chi connectivity index (χ3v) is 3.16. The minimum atomic E-state index is -0.00683. The number of hydrogen-bond acceptors (Lipinski definition) is 7. The molecule has 1 saturated heterocycles. The Morgan fingerprint density at radius 2 is 2.11 bits per heavy atom. The lowest BCUT2D eigenvalue weighted by molar-refractivity contribution is 0.122. The molecule has 0 atom stereocenters. The fourth-order valence-corrected chi connectivity index (χ4v) is 2.29. The van der Waals surface area contributed by atoms with E-state index in [1.807, 2.05) is 0 Å². The normalized spacial score (nSPS) is 16.2. The standard InChI is InChI=1S/C11H16N6O2/c12-9-8-10(16-2-5-19-6-3-16)13-7-14-11(8)17(15-9)1-4-18/h7,18H,1-6H2,(H2,12,15). The average Bonchev–Trinajstić information content (AvgIpc) is 2.77. The summed E-state index contributed by atoms with van der Waals surface area (Å²) in [6.45, 7) is 3.26. The van der Waals surface area contributed by atoms with E-state index in [1.165, 1.54) is 6.33 Å². The molecule has 0 aromatic carbocycles. The third-order valence-electron chi connectivity index (χ3n) is 3.16. The van der Waals surface area contributed by atoms with Crippen molar-refractivity contribution >= 4 is 22.7 Å².